The molecule has 0 unspecified atom stereocenters. The normalized spacial score (nSPS) is 22.1. The number of aromatic nitrogens is 2. The van der Waals surface area contributed by atoms with Crippen molar-refractivity contribution >= 4 is 5.82 Å². The summed E-state index contributed by atoms with van der Waals surface area (Å²) in [7, 11) is 0. The van der Waals surface area contributed by atoms with Crippen molar-refractivity contribution in [2.24, 2.45) is 5.73 Å². The summed E-state index contributed by atoms with van der Waals surface area (Å²) < 4.78 is 0. The lowest BCUT2D eigenvalue weighted by atomic mass is 10.2. The maximum absolute atomic E-state index is 5.62. The van der Waals surface area contributed by atoms with Gasteiger partial charge in [0, 0.05) is 45.0 Å². The predicted molar refractivity (Wildman–Crippen MR) is 76.0 cm³/mol. The van der Waals surface area contributed by atoms with Crippen LogP contribution in [0.3, 0.4) is 0 Å². The van der Waals surface area contributed by atoms with Gasteiger partial charge in [0.15, 0.2) is 0 Å². The van der Waals surface area contributed by atoms with Crippen molar-refractivity contribution < 1.29 is 0 Å². The molecule has 2 heterocycles. The summed E-state index contributed by atoms with van der Waals surface area (Å²) in [5, 5.41) is 0. The van der Waals surface area contributed by atoms with E-state index in [0.717, 1.165) is 43.7 Å². The number of anilines is 1. The highest BCUT2D eigenvalue weighted by Gasteiger charge is 2.26. The molecule has 1 aliphatic carbocycles. The topological polar surface area (TPSA) is 58.3 Å². The van der Waals surface area contributed by atoms with Gasteiger partial charge in [-0.25, -0.2) is 4.98 Å². The largest absolute Gasteiger partial charge is 0.353 e. The Morgan fingerprint density at radius 2 is 1.84 bits per heavy atom. The summed E-state index contributed by atoms with van der Waals surface area (Å²) in [6.07, 6.45) is 9.21. The summed E-state index contributed by atoms with van der Waals surface area (Å²) in [6.45, 7) is 4.87. The van der Waals surface area contributed by atoms with Crippen molar-refractivity contribution in [2.45, 2.75) is 38.3 Å². The molecule has 1 saturated carbocycles. The summed E-state index contributed by atoms with van der Waals surface area (Å²) in [5.74, 6) is 0.981. The molecule has 1 aliphatic heterocycles. The van der Waals surface area contributed by atoms with Crippen molar-refractivity contribution in [1.82, 2.24) is 14.9 Å². The van der Waals surface area contributed by atoms with E-state index in [2.05, 4.69) is 19.8 Å². The third kappa shape index (κ3) is 2.87. The average molecular weight is 261 g/mol. The standard InChI is InChI=1S/C14H23N5/c15-9-12-10-16-11-14(17-12)19-7-5-18(6-8-19)13-3-1-2-4-13/h10-11,13H,1-9,15H2. The Bertz CT molecular complexity index is 408. The van der Waals surface area contributed by atoms with Crippen molar-refractivity contribution in [3.63, 3.8) is 0 Å². The highest BCUT2D eigenvalue weighted by atomic mass is 15.3. The van der Waals surface area contributed by atoms with E-state index in [9.17, 15) is 0 Å². The van der Waals surface area contributed by atoms with Crippen LogP contribution in [-0.2, 0) is 6.54 Å². The first-order valence-electron chi connectivity index (χ1n) is 7.37. The van der Waals surface area contributed by atoms with Gasteiger partial charge in [0.1, 0.15) is 5.82 Å². The van der Waals surface area contributed by atoms with Crippen LogP contribution in [0.15, 0.2) is 12.4 Å². The van der Waals surface area contributed by atoms with E-state index in [1.807, 2.05) is 6.20 Å². The lowest BCUT2D eigenvalue weighted by Crippen LogP contribution is -2.50. The molecule has 5 heteroatoms. The maximum atomic E-state index is 5.62. The molecule has 1 aromatic rings. The molecule has 3 rings (SSSR count). The zero-order valence-corrected chi connectivity index (χ0v) is 11.5. The van der Waals surface area contributed by atoms with Gasteiger partial charge in [-0.1, -0.05) is 12.8 Å². The Morgan fingerprint density at radius 3 is 2.53 bits per heavy atom. The van der Waals surface area contributed by atoms with Crippen LogP contribution < -0.4 is 10.6 Å². The van der Waals surface area contributed by atoms with Crippen LogP contribution in [-0.4, -0.2) is 47.1 Å². The number of hydrogen-bond donors (Lipinski definition) is 1. The van der Waals surface area contributed by atoms with Crippen LogP contribution in [0.2, 0.25) is 0 Å². The number of piperazine rings is 1. The Labute approximate surface area is 114 Å². The minimum Gasteiger partial charge on any atom is -0.353 e. The molecule has 0 bridgehead atoms. The zero-order valence-electron chi connectivity index (χ0n) is 11.5. The fourth-order valence-electron chi connectivity index (χ4n) is 3.23. The van der Waals surface area contributed by atoms with E-state index < -0.39 is 0 Å². The van der Waals surface area contributed by atoms with Crippen LogP contribution in [0.4, 0.5) is 5.82 Å². The molecule has 2 aliphatic rings. The SMILES string of the molecule is NCc1cncc(N2CCN(C3CCCC3)CC2)n1. The third-order valence-electron chi connectivity index (χ3n) is 4.36. The second-order valence-corrected chi connectivity index (χ2v) is 5.53. The van der Waals surface area contributed by atoms with E-state index >= 15 is 0 Å². The zero-order chi connectivity index (χ0) is 13.1. The molecular weight excluding hydrogens is 238 g/mol. The fourth-order valence-corrected chi connectivity index (χ4v) is 3.23. The van der Waals surface area contributed by atoms with E-state index in [1.165, 1.54) is 25.7 Å². The highest BCUT2D eigenvalue weighted by molar-refractivity contribution is 5.37. The summed E-state index contributed by atoms with van der Waals surface area (Å²) in [6, 6.07) is 0.837. The Hall–Kier alpha value is -1.20. The Kier molecular flexibility index (Phi) is 3.94. The van der Waals surface area contributed by atoms with Crippen LogP contribution in [0.25, 0.3) is 0 Å². The molecule has 5 nitrogen and oxygen atoms in total. The Morgan fingerprint density at radius 1 is 1.11 bits per heavy atom. The van der Waals surface area contributed by atoms with E-state index in [-0.39, 0.29) is 0 Å². The van der Waals surface area contributed by atoms with Crippen molar-refractivity contribution in [3.05, 3.63) is 18.1 Å². The van der Waals surface area contributed by atoms with Crippen molar-refractivity contribution in [3.8, 4) is 0 Å². The second kappa shape index (κ2) is 5.84. The fraction of sp³-hybridized carbons (Fsp3) is 0.714. The minimum absolute atomic E-state index is 0.461. The Balaban J connectivity index is 1.59. The molecule has 0 spiro atoms. The molecule has 2 fully saturated rings. The van der Waals surface area contributed by atoms with Gasteiger partial charge >= 0.3 is 0 Å². The first kappa shape index (κ1) is 12.8. The maximum Gasteiger partial charge on any atom is 0.147 e. The van der Waals surface area contributed by atoms with Gasteiger partial charge in [0.05, 0.1) is 11.9 Å². The van der Waals surface area contributed by atoms with Gasteiger partial charge in [-0.3, -0.25) is 9.88 Å². The van der Waals surface area contributed by atoms with E-state index in [1.54, 1.807) is 6.20 Å². The number of hydrogen-bond acceptors (Lipinski definition) is 5. The monoisotopic (exact) mass is 261 g/mol. The van der Waals surface area contributed by atoms with Gasteiger partial charge in [0.25, 0.3) is 0 Å². The third-order valence-corrected chi connectivity index (χ3v) is 4.36. The summed E-state index contributed by atoms with van der Waals surface area (Å²) >= 11 is 0. The van der Waals surface area contributed by atoms with Gasteiger partial charge in [-0.2, -0.15) is 0 Å². The molecule has 0 radical (unpaired) electrons. The molecule has 2 N–H and O–H groups in total. The highest BCUT2D eigenvalue weighted by Crippen LogP contribution is 2.25. The first-order chi connectivity index (χ1) is 9.36. The molecular formula is C14H23N5. The van der Waals surface area contributed by atoms with Crippen LogP contribution in [0.1, 0.15) is 31.4 Å². The molecule has 104 valence electrons. The molecule has 0 aromatic carbocycles. The summed E-state index contributed by atoms with van der Waals surface area (Å²) in [4.78, 5) is 13.8. The molecule has 1 saturated heterocycles. The second-order valence-electron chi connectivity index (χ2n) is 5.53. The first-order valence-corrected chi connectivity index (χ1v) is 7.37. The number of nitrogens with zero attached hydrogens (tertiary/aromatic N) is 4. The van der Waals surface area contributed by atoms with Crippen molar-refractivity contribution in [1.29, 1.82) is 0 Å². The van der Waals surface area contributed by atoms with Crippen LogP contribution in [0.5, 0.6) is 0 Å². The minimum atomic E-state index is 0.461. The van der Waals surface area contributed by atoms with Crippen LogP contribution in [0, 0.1) is 0 Å². The van der Waals surface area contributed by atoms with Gasteiger partial charge < -0.3 is 10.6 Å². The lowest BCUT2D eigenvalue weighted by molar-refractivity contribution is 0.187. The van der Waals surface area contributed by atoms with Gasteiger partial charge in [0.2, 0.25) is 0 Å². The smallest absolute Gasteiger partial charge is 0.147 e. The molecule has 0 amide bonds. The number of nitrogens with two attached hydrogens (primary N) is 1. The van der Waals surface area contributed by atoms with E-state index in [0.29, 0.717) is 6.54 Å². The molecule has 0 atom stereocenters. The van der Waals surface area contributed by atoms with Gasteiger partial charge in [-0.15, -0.1) is 0 Å². The number of rotatable bonds is 3. The summed E-state index contributed by atoms with van der Waals surface area (Å²) in [5.41, 5.74) is 6.49. The van der Waals surface area contributed by atoms with Crippen LogP contribution >= 0.6 is 0 Å². The lowest BCUT2D eigenvalue weighted by Gasteiger charge is -2.38. The van der Waals surface area contributed by atoms with Crippen molar-refractivity contribution in [2.75, 3.05) is 31.1 Å². The molecule has 19 heavy (non-hydrogen) atoms. The molecule has 1 aromatic heterocycles. The average Bonchev–Trinajstić information content (AvgIpc) is 3.02. The van der Waals surface area contributed by atoms with E-state index in [4.69, 9.17) is 5.73 Å². The van der Waals surface area contributed by atoms with Gasteiger partial charge in [-0.05, 0) is 12.8 Å². The quantitative estimate of drug-likeness (QED) is 0.879. The predicted octanol–water partition coefficient (Wildman–Crippen LogP) is 1.000.